The van der Waals surface area contributed by atoms with Gasteiger partial charge in [-0.25, -0.2) is 0 Å². The van der Waals surface area contributed by atoms with Crippen LogP contribution in [0.2, 0.25) is 0 Å². The first-order valence-corrected chi connectivity index (χ1v) is 13.1. The molecule has 0 saturated carbocycles. The Morgan fingerprint density at radius 2 is 0.919 bits per heavy atom. The number of hydrogen-bond acceptors (Lipinski definition) is 1. The van der Waals surface area contributed by atoms with Crippen LogP contribution in [0.1, 0.15) is 38.8 Å². The summed E-state index contributed by atoms with van der Waals surface area (Å²) in [4.78, 5) is 2.32. The number of rotatable bonds is 4. The van der Waals surface area contributed by atoms with Gasteiger partial charge in [0, 0.05) is 17.1 Å². The van der Waals surface area contributed by atoms with Crippen LogP contribution in [-0.2, 0) is 10.8 Å². The lowest BCUT2D eigenvalue weighted by Crippen LogP contribution is -2.43. The van der Waals surface area contributed by atoms with Crippen LogP contribution >= 0.6 is 0 Å². The summed E-state index contributed by atoms with van der Waals surface area (Å²) in [5, 5.41) is 0. The average molecular weight is 480 g/mol. The van der Waals surface area contributed by atoms with Gasteiger partial charge in [0.05, 0.1) is 0 Å². The van der Waals surface area contributed by atoms with Crippen LogP contribution in [0.25, 0.3) is 22.3 Å². The maximum absolute atomic E-state index is 2.43. The number of anilines is 3. The van der Waals surface area contributed by atoms with Crippen molar-refractivity contribution in [2.75, 3.05) is 4.90 Å². The molecule has 0 aliphatic heterocycles. The molecule has 182 valence electrons. The van der Waals surface area contributed by atoms with E-state index in [2.05, 4.69) is 160 Å². The largest absolute Gasteiger partial charge is 0.310 e. The molecule has 0 bridgehead atoms. The molecule has 0 fully saturated rings. The van der Waals surface area contributed by atoms with Crippen molar-refractivity contribution >= 4 is 17.1 Å². The molecule has 5 aromatic rings. The highest BCUT2D eigenvalue weighted by Gasteiger charge is 2.45. The van der Waals surface area contributed by atoms with E-state index in [0.29, 0.717) is 0 Å². The number of hydrogen-bond donors (Lipinski definition) is 0. The molecule has 1 aliphatic carbocycles. The summed E-state index contributed by atoms with van der Waals surface area (Å²) in [6, 6.07) is 46.1. The SMILES string of the molecule is CC1(C)c2ccccc2-c2ccc(-c3cccc(N(c4ccccc4)c4ccccc4)c3)cc2C1(C)C. The van der Waals surface area contributed by atoms with Gasteiger partial charge < -0.3 is 4.90 Å². The molecule has 5 aromatic carbocycles. The van der Waals surface area contributed by atoms with Crippen molar-refractivity contribution in [3.63, 3.8) is 0 Å². The summed E-state index contributed by atoms with van der Waals surface area (Å²) in [7, 11) is 0. The number of nitrogens with zero attached hydrogens (tertiary/aromatic N) is 1. The molecular weight excluding hydrogens is 446 g/mol. The molecule has 6 rings (SSSR count). The molecule has 1 nitrogen and oxygen atoms in total. The molecule has 0 aromatic heterocycles. The fourth-order valence-corrected chi connectivity index (χ4v) is 5.84. The molecule has 1 heteroatoms. The molecule has 37 heavy (non-hydrogen) atoms. The lowest BCUT2D eigenvalue weighted by Gasteiger charge is -2.48. The van der Waals surface area contributed by atoms with Crippen LogP contribution in [0.15, 0.2) is 127 Å². The second-order valence-electron chi connectivity index (χ2n) is 11.1. The Morgan fingerprint density at radius 3 is 1.59 bits per heavy atom. The van der Waals surface area contributed by atoms with Gasteiger partial charge in [-0.15, -0.1) is 0 Å². The zero-order chi connectivity index (χ0) is 25.6. The van der Waals surface area contributed by atoms with E-state index in [1.807, 2.05) is 0 Å². The third kappa shape index (κ3) is 3.78. The molecule has 0 heterocycles. The van der Waals surface area contributed by atoms with E-state index in [1.54, 1.807) is 0 Å². The maximum atomic E-state index is 2.43. The minimum absolute atomic E-state index is 0.00950. The molecule has 1 aliphatic rings. The molecule has 0 atom stereocenters. The third-order valence-electron chi connectivity index (χ3n) is 8.61. The van der Waals surface area contributed by atoms with Gasteiger partial charge in [-0.3, -0.25) is 0 Å². The third-order valence-corrected chi connectivity index (χ3v) is 8.61. The monoisotopic (exact) mass is 479 g/mol. The van der Waals surface area contributed by atoms with Gasteiger partial charge in [0.15, 0.2) is 0 Å². The second-order valence-corrected chi connectivity index (χ2v) is 11.1. The fourth-order valence-electron chi connectivity index (χ4n) is 5.84. The van der Waals surface area contributed by atoms with Gasteiger partial charge >= 0.3 is 0 Å². The summed E-state index contributed by atoms with van der Waals surface area (Å²) >= 11 is 0. The predicted octanol–water partition coefficient (Wildman–Crippen LogP) is 10.1. The summed E-state index contributed by atoms with van der Waals surface area (Å²) in [6.07, 6.45) is 0. The highest BCUT2D eigenvalue weighted by Crippen LogP contribution is 2.54. The van der Waals surface area contributed by atoms with Crippen molar-refractivity contribution in [1.29, 1.82) is 0 Å². The highest BCUT2D eigenvalue weighted by atomic mass is 15.1. The van der Waals surface area contributed by atoms with Gasteiger partial charge in [0.1, 0.15) is 0 Å². The first kappa shape index (κ1) is 23.3. The molecule has 0 unspecified atom stereocenters. The van der Waals surface area contributed by atoms with Crippen LogP contribution in [-0.4, -0.2) is 0 Å². The van der Waals surface area contributed by atoms with Crippen LogP contribution in [0.4, 0.5) is 17.1 Å². The van der Waals surface area contributed by atoms with Crippen molar-refractivity contribution in [2.45, 2.75) is 38.5 Å². The molecule has 0 amide bonds. The first-order chi connectivity index (χ1) is 17.9. The zero-order valence-electron chi connectivity index (χ0n) is 22.1. The highest BCUT2D eigenvalue weighted by molar-refractivity contribution is 5.83. The topological polar surface area (TPSA) is 3.24 Å². The minimum atomic E-state index is -0.00950. The van der Waals surface area contributed by atoms with Crippen LogP contribution in [0, 0.1) is 0 Å². The molecule has 0 N–H and O–H groups in total. The lowest BCUT2D eigenvalue weighted by molar-refractivity contribution is 0.299. The Kier molecular flexibility index (Phi) is 5.53. The van der Waals surface area contributed by atoms with Gasteiger partial charge in [0.2, 0.25) is 0 Å². The smallest absolute Gasteiger partial charge is 0.0467 e. The van der Waals surface area contributed by atoms with Crippen LogP contribution in [0.5, 0.6) is 0 Å². The normalized spacial score (nSPS) is 14.9. The molecule has 0 spiro atoms. The van der Waals surface area contributed by atoms with Crippen molar-refractivity contribution < 1.29 is 0 Å². The minimum Gasteiger partial charge on any atom is -0.310 e. The predicted molar refractivity (Wildman–Crippen MR) is 158 cm³/mol. The Balaban J connectivity index is 1.49. The Bertz CT molecular complexity index is 1520. The summed E-state index contributed by atoms with van der Waals surface area (Å²) in [5.74, 6) is 0. The van der Waals surface area contributed by atoms with Crippen molar-refractivity contribution in [3.8, 4) is 22.3 Å². The van der Waals surface area contributed by atoms with E-state index >= 15 is 0 Å². The van der Waals surface area contributed by atoms with Gasteiger partial charge in [-0.1, -0.05) is 113 Å². The van der Waals surface area contributed by atoms with E-state index in [1.165, 1.54) is 33.4 Å². The Morgan fingerprint density at radius 1 is 0.405 bits per heavy atom. The molecular formula is C36H33N. The van der Waals surface area contributed by atoms with Gasteiger partial charge in [0.25, 0.3) is 0 Å². The van der Waals surface area contributed by atoms with Gasteiger partial charge in [-0.05, 0) is 86.7 Å². The lowest BCUT2D eigenvalue weighted by atomic mass is 9.55. The second kappa shape index (κ2) is 8.78. The zero-order valence-corrected chi connectivity index (χ0v) is 22.1. The standard InChI is InChI=1S/C36H33N/c1-35(2)33-21-12-11-20-31(33)32-23-22-27(25-34(32)36(35,3)4)26-14-13-19-30(24-26)37(28-15-7-5-8-16-28)29-17-9-6-10-18-29/h5-25H,1-4H3. The fraction of sp³-hybridized carbons (Fsp3) is 0.167. The maximum Gasteiger partial charge on any atom is 0.0467 e. The Hall–Kier alpha value is -4.10. The molecule has 0 saturated heterocycles. The summed E-state index contributed by atoms with van der Waals surface area (Å²) in [5.41, 5.74) is 11.5. The molecule has 0 radical (unpaired) electrons. The van der Waals surface area contributed by atoms with Crippen molar-refractivity contribution in [2.24, 2.45) is 0 Å². The van der Waals surface area contributed by atoms with E-state index in [4.69, 9.17) is 0 Å². The van der Waals surface area contributed by atoms with Crippen molar-refractivity contribution in [1.82, 2.24) is 0 Å². The van der Waals surface area contributed by atoms with Crippen LogP contribution < -0.4 is 4.90 Å². The van der Waals surface area contributed by atoms with Crippen molar-refractivity contribution in [3.05, 3.63) is 139 Å². The number of fused-ring (bicyclic) bond motifs is 3. The first-order valence-electron chi connectivity index (χ1n) is 13.1. The average Bonchev–Trinajstić information content (AvgIpc) is 2.93. The number of para-hydroxylation sites is 2. The van der Waals surface area contributed by atoms with E-state index in [0.717, 1.165) is 17.1 Å². The number of benzene rings is 5. The quantitative estimate of drug-likeness (QED) is 0.248. The van der Waals surface area contributed by atoms with Gasteiger partial charge in [-0.2, -0.15) is 0 Å². The Labute approximate surface area is 221 Å². The van der Waals surface area contributed by atoms with E-state index in [-0.39, 0.29) is 10.8 Å². The summed E-state index contributed by atoms with van der Waals surface area (Å²) in [6.45, 7) is 9.57. The van der Waals surface area contributed by atoms with E-state index in [9.17, 15) is 0 Å². The van der Waals surface area contributed by atoms with Crippen LogP contribution in [0.3, 0.4) is 0 Å². The van der Waals surface area contributed by atoms with E-state index < -0.39 is 0 Å². The summed E-state index contributed by atoms with van der Waals surface area (Å²) < 4.78 is 0.